The van der Waals surface area contributed by atoms with Crippen LogP contribution in [-0.4, -0.2) is 12.5 Å². The zero-order valence-corrected chi connectivity index (χ0v) is 21.9. The molecular formula is C31H40N4. The molecule has 4 heteroatoms. The van der Waals surface area contributed by atoms with E-state index in [2.05, 4.69) is 118 Å². The summed E-state index contributed by atoms with van der Waals surface area (Å²) in [5.41, 5.74) is 14.4. The van der Waals surface area contributed by atoms with Gasteiger partial charge in [-0.2, -0.15) is 0 Å². The van der Waals surface area contributed by atoms with Crippen LogP contribution >= 0.6 is 0 Å². The fourth-order valence-electron chi connectivity index (χ4n) is 4.62. The van der Waals surface area contributed by atoms with E-state index in [1.165, 1.54) is 27.8 Å². The van der Waals surface area contributed by atoms with Crippen LogP contribution in [0.5, 0.6) is 0 Å². The third kappa shape index (κ3) is 5.94. The van der Waals surface area contributed by atoms with Gasteiger partial charge in [0.1, 0.15) is 6.17 Å². The Bertz CT molecular complexity index is 1140. The third-order valence-corrected chi connectivity index (χ3v) is 7.17. The van der Waals surface area contributed by atoms with Crippen molar-refractivity contribution in [2.75, 3.05) is 11.4 Å². The number of hydrogen-bond donors (Lipinski definition) is 2. The van der Waals surface area contributed by atoms with Gasteiger partial charge >= 0.3 is 0 Å². The number of fused-ring (bicyclic) bond motifs is 1. The van der Waals surface area contributed by atoms with Crippen molar-refractivity contribution in [2.24, 2.45) is 10.7 Å². The Morgan fingerprint density at radius 1 is 1.03 bits per heavy atom. The number of nitrogens with two attached hydrogens (primary N) is 1. The molecule has 4 nitrogen and oxygen atoms in total. The first-order valence-corrected chi connectivity index (χ1v) is 12.9. The van der Waals surface area contributed by atoms with Gasteiger partial charge in [-0.25, -0.2) is 4.99 Å². The number of hydrogen-bond acceptors (Lipinski definition) is 2. The first-order chi connectivity index (χ1) is 16.8. The van der Waals surface area contributed by atoms with Crippen LogP contribution in [-0.2, 0) is 18.4 Å². The third-order valence-electron chi connectivity index (χ3n) is 7.17. The Labute approximate surface area is 211 Å². The Kier molecular flexibility index (Phi) is 7.61. The van der Waals surface area contributed by atoms with Crippen LogP contribution < -0.4 is 16.0 Å². The molecule has 4 rings (SSSR count). The lowest BCUT2D eigenvalue weighted by Crippen LogP contribution is -2.39. The summed E-state index contributed by atoms with van der Waals surface area (Å²) in [4.78, 5) is 7.12. The zero-order chi connectivity index (χ0) is 25.0. The highest BCUT2D eigenvalue weighted by Crippen LogP contribution is 2.27. The van der Waals surface area contributed by atoms with Crippen molar-refractivity contribution in [3.8, 4) is 0 Å². The molecule has 1 heterocycles. The lowest BCUT2D eigenvalue weighted by atomic mass is 9.87. The number of nitrogens with zero attached hydrogens (tertiary/aromatic N) is 2. The van der Waals surface area contributed by atoms with Crippen LogP contribution in [0.3, 0.4) is 0 Å². The van der Waals surface area contributed by atoms with Crippen molar-refractivity contribution in [3.05, 3.63) is 101 Å². The number of benzene rings is 3. The van der Waals surface area contributed by atoms with Crippen molar-refractivity contribution in [3.63, 3.8) is 0 Å². The second-order valence-electron chi connectivity index (χ2n) is 10.7. The largest absolute Gasteiger partial charge is 0.369 e. The highest BCUT2D eigenvalue weighted by molar-refractivity contribution is 5.95. The summed E-state index contributed by atoms with van der Waals surface area (Å²) < 4.78 is 0. The van der Waals surface area contributed by atoms with Crippen molar-refractivity contribution >= 4 is 11.6 Å². The molecular weight excluding hydrogens is 428 g/mol. The van der Waals surface area contributed by atoms with Crippen LogP contribution in [0.4, 0.5) is 5.69 Å². The summed E-state index contributed by atoms with van der Waals surface area (Å²) in [6.07, 6.45) is 2.01. The smallest absolute Gasteiger partial charge is 0.198 e. The molecule has 0 aromatic heterocycles. The summed E-state index contributed by atoms with van der Waals surface area (Å²) in [6.45, 7) is 12.8. The zero-order valence-electron chi connectivity index (χ0n) is 21.9. The lowest BCUT2D eigenvalue weighted by Gasteiger charge is -2.29. The molecule has 0 spiro atoms. The molecule has 184 valence electrons. The van der Waals surface area contributed by atoms with Gasteiger partial charge in [0.05, 0.1) is 6.54 Å². The molecule has 1 aliphatic heterocycles. The summed E-state index contributed by atoms with van der Waals surface area (Å²) in [7, 11) is 0. The Morgan fingerprint density at radius 2 is 1.71 bits per heavy atom. The molecule has 0 saturated carbocycles. The maximum atomic E-state index is 6.74. The first-order valence-electron chi connectivity index (χ1n) is 12.9. The number of anilines is 1. The maximum Gasteiger partial charge on any atom is 0.198 e. The van der Waals surface area contributed by atoms with Gasteiger partial charge in [-0.05, 0) is 64.1 Å². The SMILES string of the molecule is CCC(C)c1ccc(N(Cc2ccc(C(C)(C)C)cc2)C(N)=NC2NCCc3ccccc32)cc1. The molecule has 35 heavy (non-hydrogen) atoms. The Morgan fingerprint density at radius 3 is 2.37 bits per heavy atom. The predicted octanol–water partition coefficient (Wildman–Crippen LogP) is 6.66. The van der Waals surface area contributed by atoms with Crippen LogP contribution in [0.25, 0.3) is 0 Å². The van der Waals surface area contributed by atoms with E-state index in [0.717, 1.165) is 25.1 Å². The molecule has 0 saturated heterocycles. The lowest BCUT2D eigenvalue weighted by molar-refractivity contribution is 0.522. The second kappa shape index (κ2) is 10.7. The Balaban J connectivity index is 1.66. The van der Waals surface area contributed by atoms with Crippen LogP contribution in [0.15, 0.2) is 77.8 Å². The number of nitrogens with one attached hydrogen (secondary N) is 1. The average Bonchev–Trinajstić information content (AvgIpc) is 2.87. The fraction of sp³-hybridized carbons (Fsp3) is 0.387. The van der Waals surface area contributed by atoms with E-state index in [1.54, 1.807) is 0 Å². The average molecular weight is 469 g/mol. The van der Waals surface area contributed by atoms with Crippen molar-refractivity contribution in [2.45, 2.75) is 71.5 Å². The minimum atomic E-state index is -0.134. The van der Waals surface area contributed by atoms with Crippen LogP contribution in [0.2, 0.25) is 0 Å². The van der Waals surface area contributed by atoms with Gasteiger partial charge in [0, 0.05) is 12.2 Å². The van der Waals surface area contributed by atoms with E-state index < -0.39 is 0 Å². The van der Waals surface area contributed by atoms with E-state index in [0.29, 0.717) is 18.4 Å². The molecule has 0 bridgehead atoms. The van der Waals surface area contributed by atoms with Gasteiger partial charge in [-0.3, -0.25) is 5.32 Å². The molecule has 3 N–H and O–H groups in total. The van der Waals surface area contributed by atoms with Gasteiger partial charge < -0.3 is 10.6 Å². The molecule has 2 unspecified atom stereocenters. The van der Waals surface area contributed by atoms with E-state index in [9.17, 15) is 0 Å². The van der Waals surface area contributed by atoms with Gasteiger partial charge in [0.2, 0.25) is 0 Å². The monoisotopic (exact) mass is 468 g/mol. The van der Waals surface area contributed by atoms with Crippen molar-refractivity contribution < 1.29 is 0 Å². The molecule has 2 atom stereocenters. The number of aliphatic imine (C=N–C) groups is 1. The molecule has 0 aliphatic carbocycles. The van der Waals surface area contributed by atoms with Crippen molar-refractivity contribution in [1.29, 1.82) is 0 Å². The van der Waals surface area contributed by atoms with E-state index in [1.807, 2.05) is 0 Å². The Hall–Kier alpha value is -3.11. The second-order valence-corrected chi connectivity index (χ2v) is 10.7. The van der Waals surface area contributed by atoms with Crippen molar-refractivity contribution in [1.82, 2.24) is 5.32 Å². The maximum absolute atomic E-state index is 6.74. The quantitative estimate of drug-likeness (QED) is 0.314. The normalized spacial score (nSPS) is 17.1. The van der Waals surface area contributed by atoms with Crippen LogP contribution in [0, 0.1) is 0 Å². The summed E-state index contributed by atoms with van der Waals surface area (Å²) in [5, 5.41) is 3.54. The molecule has 0 amide bonds. The highest BCUT2D eigenvalue weighted by atomic mass is 15.3. The van der Waals surface area contributed by atoms with E-state index in [4.69, 9.17) is 10.7 Å². The highest BCUT2D eigenvalue weighted by Gasteiger charge is 2.21. The molecule has 3 aromatic rings. The van der Waals surface area contributed by atoms with E-state index in [-0.39, 0.29) is 11.6 Å². The predicted molar refractivity (Wildman–Crippen MR) is 149 cm³/mol. The molecule has 0 fully saturated rings. The van der Waals surface area contributed by atoms with Crippen LogP contribution in [0.1, 0.15) is 80.9 Å². The standard InChI is InChI=1S/C31H40N4/c1-6-22(2)24-13-17-27(18-14-24)35(21-23-11-15-26(16-12-23)31(3,4)5)30(32)34-29-28-10-8-7-9-25(28)19-20-33-29/h7-18,22,29,33H,6,19-21H2,1-5H3,(H2,32,34). The van der Waals surface area contributed by atoms with Gasteiger partial charge in [0.25, 0.3) is 0 Å². The summed E-state index contributed by atoms with van der Waals surface area (Å²) in [6, 6.07) is 26.2. The minimum Gasteiger partial charge on any atom is -0.369 e. The number of guanidine groups is 1. The fourth-order valence-corrected chi connectivity index (χ4v) is 4.62. The first kappa shape index (κ1) is 25.0. The van der Waals surface area contributed by atoms with Gasteiger partial charge in [-0.15, -0.1) is 0 Å². The van der Waals surface area contributed by atoms with Gasteiger partial charge in [0.15, 0.2) is 5.96 Å². The minimum absolute atomic E-state index is 0.130. The van der Waals surface area contributed by atoms with E-state index >= 15 is 0 Å². The molecule has 3 aromatic carbocycles. The number of rotatable bonds is 6. The molecule has 1 aliphatic rings. The van der Waals surface area contributed by atoms with Gasteiger partial charge in [-0.1, -0.05) is 95.3 Å². The molecule has 0 radical (unpaired) electrons. The topological polar surface area (TPSA) is 53.6 Å². The summed E-state index contributed by atoms with van der Waals surface area (Å²) >= 11 is 0. The summed E-state index contributed by atoms with van der Waals surface area (Å²) in [5.74, 6) is 1.06.